The summed E-state index contributed by atoms with van der Waals surface area (Å²) in [6, 6.07) is 16.0. The molecule has 2 heterocycles. The molecule has 0 saturated heterocycles. The fourth-order valence-corrected chi connectivity index (χ4v) is 4.30. The highest BCUT2D eigenvalue weighted by molar-refractivity contribution is 6.47. The van der Waals surface area contributed by atoms with E-state index in [9.17, 15) is 19.7 Å². The minimum absolute atomic E-state index is 0.0232. The number of carboxylic acids is 1. The number of nitrogens with two attached hydrogens (primary N) is 1. The number of aromatic nitrogens is 1. The third-order valence-corrected chi connectivity index (χ3v) is 6.18. The molecule has 1 amide bonds. The number of carbonyl (C=O) groups excluding carboxylic acids is 1. The molecule has 0 aliphatic carbocycles. The van der Waals surface area contributed by atoms with Crippen molar-refractivity contribution in [1.29, 1.82) is 0 Å². The third kappa shape index (κ3) is 5.73. The molecule has 9 nitrogen and oxygen atoms in total. The van der Waals surface area contributed by atoms with Crippen molar-refractivity contribution in [2.24, 2.45) is 5.73 Å². The lowest BCUT2D eigenvalue weighted by atomic mass is 9.72. The maximum absolute atomic E-state index is 12.7. The first-order valence-corrected chi connectivity index (χ1v) is 11.9. The van der Waals surface area contributed by atoms with Gasteiger partial charge in [0, 0.05) is 12.7 Å². The van der Waals surface area contributed by atoms with E-state index in [0.717, 1.165) is 24.2 Å². The molecule has 0 spiro atoms. The number of benzene rings is 2. The lowest BCUT2D eigenvalue weighted by Crippen LogP contribution is -2.53. The molecular weight excluding hydrogens is 459 g/mol. The van der Waals surface area contributed by atoms with Gasteiger partial charge in [-0.05, 0) is 47.4 Å². The summed E-state index contributed by atoms with van der Waals surface area (Å²) < 4.78 is 5.44. The van der Waals surface area contributed by atoms with Crippen molar-refractivity contribution in [1.82, 2.24) is 15.6 Å². The Morgan fingerprint density at radius 2 is 2.00 bits per heavy atom. The van der Waals surface area contributed by atoms with Gasteiger partial charge in [0.05, 0.1) is 29.7 Å². The van der Waals surface area contributed by atoms with Crippen LogP contribution in [0.1, 0.15) is 51.3 Å². The lowest BCUT2D eigenvalue weighted by molar-refractivity contribution is -0.120. The number of carbonyl (C=O) groups is 2. The molecule has 2 atom stereocenters. The molecule has 0 saturated carbocycles. The Morgan fingerprint density at radius 1 is 1.19 bits per heavy atom. The van der Waals surface area contributed by atoms with Crippen molar-refractivity contribution < 1.29 is 24.4 Å². The molecule has 0 radical (unpaired) electrons. The van der Waals surface area contributed by atoms with Crippen molar-refractivity contribution in [3.63, 3.8) is 0 Å². The van der Waals surface area contributed by atoms with Gasteiger partial charge in [-0.15, -0.1) is 0 Å². The van der Waals surface area contributed by atoms with Crippen LogP contribution in [0.4, 0.5) is 0 Å². The number of fused-ring (bicyclic) bond motifs is 1. The van der Waals surface area contributed by atoms with Crippen molar-refractivity contribution in [2.45, 2.75) is 38.3 Å². The van der Waals surface area contributed by atoms with Crippen molar-refractivity contribution in [3.05, 3.63) is 94.3 Å². The molecule has 186 valence electrons. The van der Waals surface area contributed by atoms with Crippen LogP contribution in [0, 0.1) is 0 Å². The van der Waals surface area contributed by atoms with Crippen LogP contribution in [0.25, 0.3) is 0 Å². The van der Waals surface area contributed by atoms with Crippen molar-refractivity contribution >= 4 is 19.0 Å². The molecule has 1 aliphatic heterocycles. The molecule has 3 aromatic rings. The SMILES string of the molecule is CCNCc1ccccc1C(N)c1ccc(CC(=O)NC2Cc3cccc(C(=O)O)c3OB2O)cn1. The highest BCUT2D eigenvalue weighted by atomic mass is 16.5. The summed E-state index contributed by atoms with van der Waals surface area (Å²) in [4.78, 5) is 28.6. The van der Waals surface area contributed by atoms with Crippen LogP contribution in [0.3, 0.4) is 0 Å². The molecule has 36 heavy (non-hydrogen) atoms. The van der Waals surface area contributed by atoms with Gasteiger partial charge in [-0.25, -0.2) is 4.79 Å². The van der Waals surface area contributed by atoms with Crippen LogP contribution in [-0.4, -0.2) is 46.6 Å². The Labute approximate surface area is 209 Å². The summed E-state index contributed by atoms with van der Waals surface area (Å²) in [5.74, 6) is -2.03. The first-order chi connectivity index (χ1) is 17.4. The quantitative estimate of drug-likeness (QED) is 0.286. The van der Waals surface area contributed by atoms with Crippen LogP contribution >= 0.6 is 0 Å². The highest BCUT2D eigenvalue weighted by Crippen LogP contribution is 2.30. The number of pyridine rings is 1. The summed E-state index contributed by atoms with van der Waals surface area (Å²) in [6.07, 6.45) is 1.94. The minimum atomic E-state index is -1.36. The topological polar surface area (TPSA) is 147 Å². The van der Waals surface area contributed by atoms with Crippen LogP contribution in [-0.2, 0) is 24.2 Å². The van der Waals surface area contributed by atoms with Gasteiger partial charge in [-0.1, -0.05) is 49.4 Å². The fourth-order valence-electron chi connectivity index (χ4n) is 4.30. The van der Waals surface area contributed by atoms with Crippen LogP contribution in [0.5, 0.6) is 5.75 Å². The summed E-state index contributed by atoms with van der Waals surface area (Å²) in [7, 11) is -1.36. The molecular formula is C26H29BN4O5. The average Bonchev–Trinajstić information content (AvgIpc) is 2.87. The smallest absolute Gasteiger partial charge is 0.534 e. The van der Waals surface area contributed by atoms with Gasteiger partial charge >= 0.3 is 13.1 Å². The molecule has 1 aromatic heterocycles. The Hall–Kier alpha value is -3.73. The van der Waals surface area contributed by atoms with Crippen LogP contribution in [0.15, 0.2) is 60.8 Å². The molecule has 0 bridgehead atoms. The van der Waals surface area contributed by atoms with E-state index < -0.39 is 25.1 Å². The molecule has 2 aromatic carbocycles. The Morgan fingerprint density at radius 3 is 2.72 bits per heavy atom. The molecule has 2 unspecified atom stereocenters. The second kappa shape index (κ2) is 11.3. The second-order valence-electron chi connectivity index (χ2n) is 8.71. The van der Waals surface area contributed by atoms with E-state index in [1.807, 2.05) is 36.4 Å². The number of hydrogen-bond acceptors (Lipinski definition) is 7. The second-order valence-corrected chi connectivity index (χ2v) is 8.71. The van der Waals surface area contributed by atoms with Crippen LogP contribution < -0.4 is 21.0 Å². The molecule has 1 aliphatic rings. The van der Waals surface area contributed by atoms with Crippen molar-refractivity contribution in [3.8, 4) is 5.75 Å². The van der Waals surface area contributed by atoms with Gasteiger partial charge in [0.15, 0.2) is 0 Å². The Balaban J connectivity index is 1.39. The van der Waals surface area contributed by atoms with E-state index in [-0.39, 0.29) is 30.1 Å². The number of nitrogens with one attached hydrogen (secondary N) is 2. The standard InChI is InChI=1S/C26H29BN4O5/c1-2-29-15-18-6-3-4-8-19(18)24(28)21-11-10-16(14-30-21)12-23(32)31-22-13-17-7-5-9-20(26(33)34)25(17)36-27(22)35/h3-11,14,22,24,29,35H,2,12-13,15,28H2,1H3,(H,31,32)(H,33,34). The predicted molar refractivity (Wildman–Crippen MR) is 135 cm³/mol. The van der Waals surface area contributed by atoms with E-state index in [4.69, 9.17) is 10.4 Å². The van der Waals surface area contributed by atoms with Gasteiger partial charge in [0.25, 0.3) is 0 Å². The average molecular weight is 488 g/mol. The zero-order valence-electron chi connectivity index (χ0n) is 20.0. The van der Waals surface area contributed by atoms with E-state index >= 15 is 0 Å². The summed E-state index contributed by atoms with van der Waals surface area (Å²) in [5.41, 5.74) is 10.6. The maximum atomic E-state index is 12.7. The van der Waals surface area contributed by atoms with E-state index in [2.05, 4.69) is 22.5 Å². The van der Waals surface area contributed by atoms with E-state index in [1.165, 1.54) is 6.07 Å². The first kappa shape index (κ1) is 25.4. The van der Waals surface area contributed by atoms with Gasteiger partial charge in [0.1, 0.15) is 5.75 Å². The van der Waals surface area contributed by atoms with Gasteiger partial charge in [-0.2, -0.15) is 0 Å². The van der Waals surface area contributed by atoms with Crippen molar-refractivity contribution in [2.75, 3.05) is 6.54 Å². The number of carboxylic acid groups (broad SMARTS) is 1. The summed E-state index contributed by atoms with van der Waals surface area (Å²) in [6.45, 7) is 3.63. The monoisotopic (exact) mass is 488 g/mol. The molecule has 4 rings (SSSR count). The summed E-state index contributed by atoms with van der Waals surface area (Å²) >= 11 is 0. The number of amides is 1. The van der Waals surface area contributed by atoms with E-state index in [1.54, 1.807) is 18.3 Å². The number of para-hydroxylation sites is 1. The Kier molecular flexibility index (Phi) is 7.99. The normalized spacial score (nSPS) is 15.5. The van der Waals surface area contributed by atoms with Gasteiger partial charge in [-0.3, -0.25) is 9.78 Å². The van der Waals surface area contributed by atoms with Gasteiger partial charge in [0.2, 0.25) is 5.91 Å². The van der Waals surface area contributed by atoms with Gasteiger partial charge < -0.3 is 31.2 Å². The predicted octanol–water partition coefficient (Wildman–Crippen LogP) is 1.62. The maximum Gasteiger partial charge on any atom is 0.547 e. The number of aromatic carboxylic acids is 1. The molecule has 0 fully saturated rings. The number of rotatable bonds is 9. The van der Waals surface area contributed by atoms with E-state index in [0.29, 0.717) is 16.8 Å². The zero-order valence-corrected chi connectivity index (χ0v) is 20.0. The first-order valence-electron chi connectivity index (χ1n) is 11.9. The largest absolute Gasteiger partial charge is 0.547 e. The zero-order chi connectivity index (χ0) is 25.7. The van der Waals surface area contributed by atoms with Crippen LogP contribution in [0.2, 0.25) is 0 Å². The summed E-state index contributed by atoms with van der Waals surface area (Å²) in [5, 5.41) is 25.8. The number of nitrogens with zero attached hydrogens (tertiary/aromatic N) is 1. The molecule has 6 N–H and O–H groups in total. The fraction of sp³-hybridized carbons (Fsp3) is 0.269. The number of hydrogen-bond donors (Lipinski definition) is 5. The highest BCUT2D eigenvalue weighted by Gasteiger charge is 2.37. The third-order valence-electron chi connectivity index (χ3n) is 6.18. The lowest BCUT2D eigenvalue weighted by Gasteiger charge is -2.28. The minimum Gasteiger partial charge on any atom is -0.534 e. The molecule has 10 heteroatoms. The Bertz CT molecular complexity index is 1240.